The average Bonchev–Trinajstić information content (AvgIpc) is 2.73. The van der Waals surface area contributed by atoms with Gasteiger partial charge in [0.2, 0.25) is 5.91 Å². The van der Waals surface area contributed by atoms with Crippen LogP contribution in [0.5, 0.6) is 5.75 Å². The summed E-state index contributed by atoms with van der Waals surface area (Å²) in [5.74, 6) is 0.654. The Kier molecular flexibility index (Phi) is 7.25. The Morgan fingerprint density at radius 2 is 1.90 bits per heavy atom. The number of halogens is 1. The van der Waals surface area contributed by atoms with Crippen LogP contribution in [0.1, 0.15) is 25.3 Å². The van der Waals surface area contributed by atoms with Gasteiger partial charge in [-0.1, -0.05) is 17.7 Å². The van der Waals surface area contributed by atoms with Crippen LogP contribution in [0.4, 0.5) is 5.69 Å². The summed E-state index contributed by atoms with van der Waals surface area (Å²) >= 11 is 6.08. The summed E-state index contributed by atoms with van der Waals surface area (Å²) in [5, 5.41) is 7.86. The molecule has 0 aliphatic heterocycles. The topological polar surface area (TPSA) is 73.2 Å². The maximum atomic E-state index is 12.2. The Morgan fingerprint density at radius 3 is 2.60 bits per heavy atom. The first-order valence-corrected chi connectivity index (χ1v) is 10.2. The fraction of sp³-hybridized carbons (Fsp3) is 0.261. The number of aryl methyl sites for hydroxylation is 2. The molecule has 1 N–H and O–H groups in total. The highest BCUT2D eigenvalue weighted by Gasteiger charge is 2.07. The number of aromatic nitrogens is 2. The number of nitrogens with zero attached hydrogens (tertiary/aromatic N) is 2. The van der Waals surface area contributed by atoms with Gasteiger partial charge in [0, 0.05) is 35.3 Å². The van der Waals surface area contributed by atoms with Gasteiger partial charge in [0.25, 0.3) is 5.56 Å². The standard InChI is InChI=1S/C23H24ClN3O3/c1-3-30-19-10-7-17(8-11-19)21-12-13-23(29)27(26-21)14-4-5-22(28)25-18-9-6-16(2)20(24)15-18/h6-13,15H,3-5,14H2,1-2H3,(H,25,28). The molecule has 2 aromatic carbocycles. The van der Waals surface area contributed by atoms with Crippen LogP contribution < -0.4 is 15.6 Å². The highest BCUT2D eigenvalue weighted by atomic mass is 35.5. The fourth-order valence-electron chi connectivity index (χ4n) is 2.94. The van der Waals surface area contributed by atoms with Crippen molar-refractivity contribution in [2.24, 2.45) is 0 Å². The summed E-state index contributed by atoms with van der Waals surface area (Å²) in [5.41, 5.74) is 2.99. The third kappa shape index (κ3) is 5.70. The van der Waals surface area contributed by atoms with Gasteiger partial charge in [-0.3, -0.25) is 9.59 Å². The van der Waals surface area contributed by atoms with Crippen LogP contribution in [0.2, 0.25) is 5.02 Å². The second kappa shape index (κ2) is 10.1. The number of nitrogens with one attached hydrogen (secondary N) is 1. The Balaban J connectivity index is 1.59. The molecule has 1 amide bonds. The first-order valence-electron chi connectivity index (χ1n) is 9.83. The molecule has 0 unspecified atom stereocenters. The zero-order valence-electron chi connectivity index (χ0n) is 17.0. The predicted octanol–water partition coefficient (Wildman–Crippen LogP) is 4.69. The molecule has 0 saturated carbocycles. The van der Waals surface area contributed by atoms with Crippen molar-refractivity contribution in [3.63, 3.8) is 0 Å². The van der Waals surface area contributed by atoms with Gasteiger partial charge in [-0.2, -0.15) is 5.10 Å². The smallest absolute Gasteiger partial charge is 0.266 e. The fourth-order valence-corrected chi connectivity index (χ4v) is 3.12. The number of hydrogen-bond donors (Lipinski definition) is 1. The molecular weight excluding hydrogens is 402 g/mol. The van der Waals surface area contributed by atoms with E-state index in [4.69, 9.17) is 16.3 Å². The van der Waals surface area contributed by atoms with Crippen LogP contribution in [0.15, 0.2) is 59.4 Å². The minimum Gasteiger partial charge on any atom is -0.494 e. The summed E-state index contributed by atoms with van der Waals surface area (Å²) in [6.45, 7) is 4.79. The van der Waals surface area contributed by atoms with Gasteiger partial charge in [0.15, 0.2) is 0 Å². The number of hydrogen-bond acceptors (Lipinski definition) is 4. The van der Waals surface area contributed by atoms with E-state index < -0.39 is 0 Å². The van der Waals surface area contributed by atoms with E-state index in [0.717, 1.165) is 16.9 Å². The molecule has 0 saturated heterocycles. The van der Waals surface area contributed by atoms with E-state index in [2.05, 4.69) is 10.4 Å². The first-order chi connectivity index (χ1) is 14.5. The van der Waals surface area contributed by atoms with Gasteiger partial charge < -0.3 is 10.1 Å². The van der Waals surface area contributed by atoms with Crippen molar-refractivity contribution in [3.8, 4) is 17.0 Å². The largest absolute Gasteiger partial charge is 0.494 e. The average molecular weight is 426 g/mol. The Labute approximate surface area is 180 Å². The second-order valence-corrected chi connectivity index (χ2v) is 7.26. The number of ether oxygens (including phenoxy) is 1. The maximum absolute atomic E-state index is 12.2. The van der Waals surface area contributed by atoms with Crippen molar-refractivity contribution in [2.75, 3.05) is 11.9 Å². The van der Waals surface area contributed by atoms with E-state index in [1.165, 1.54) is 10.7 Å². The number of carbonyl (C=O) groups excluding carboxylic acids is 1. The van der Waals surface area contributed by atoms with E-state index >= 15 is 0 Å². The summed E-state index contributed by atoms with van der Waals surface area (Å²) in [4.78, 5) is 24.3. The van der Waals surface area contributed by atoms with E-state index in [0.29, 0.717) is 36.0 Å². The van der Waals surface area contributed by atoms with E-state index in [1.54, 1.807) is 12.1 Å². The van der Waals surface area contributed by atoms with Gasteiger partial charge >= 0.3 is 0 Å². The van der Waals surface area contributed by atoms with Gasteiger partial charge in [0.1, 0.15) is 5.75 Å². The Bertz CT molecular complexity index is 1080. The molecular formula is C23H24ClN3O3. The highest BCUT2D eigenvalue weighted by molar-refractivity contribution is 6.31. The second-order valence-electron chi connectivity index (χ2n) is 6.85. The molecule has 0 atom stereocenters. The first kappa shape index (κ1) is 21.6. The lowest BCUT2D eigenvalue weighted by Crippen LogP contribution is -2.23. The summed E-state index contributed by atoms with van der Waals surface area (Å²) in [6.07, 6.45) is 0.762. The molecule has 156 valence electrons. The molecule has 30 heavy (non-hydrogen) atoms. The minimum atomic E-state index is -0.199. The van der Waals surface area contributed by atoms with Crippen molar-refractivity contribution < 1.29 is 9.53 Å². The molecule has 3 aromatic rings. The molecule has 7 heteroatoms. The zero-order chi connectivity index (χ0) is 21.5. The zero-order valence-corrected chi connectivity index (χ0v) is 17.8. The number of rotatable bonds is 8. The van der Waals surface area contributed by atoms with Crippen molar-refractivity contribution in [1.82, 2.24) is 9.78 Å². The molecule has 1 aromatic heterocycles. The third-order valence-corrected chi connectivity index (χ3v) is 4.96. The van der Waals surface area contributed by atoms with Gasteiger partial charge in [-0.25, -0.2) is 4.68 Å². The summed E-state index contributed by atoms with van der Waals surface area (Å²) < 4.78 is 6.84. The minimum absolute atomic E-state index is 0.134. The van der Waals surface area contributed by atoms with Crippen molar-refractivity contribution in [1.29, 1.82) is 0 Å². The summed E-state index contributed by atoms with van der Waals surface area (Å²) in [6, 6.07) is 16.1. The SMILES string of the molecule is CCOc1ccc(-c2ccc(=O)n(CCCC(=O)Nc3ccc(C)c(Cl)c3)n2)cc1. The molecule has 0 aliphatic rings. The van der Waals surface area contributed by atoms with Crippen LogP contribution in [-0.2, 0) is 11.3 Å². The van der Waals surface area contributed by atoms with Crippen LogP contribution in [0, 0.1) is 6.92 Å². The number of benzene rings is 2. The maximum Gasteiger partial charge on any atom is 0.266 e. The van der Waals surface area contributed by atoms with E-state index in [1.807, 2.05) is 50.2 Å². The Morgan fingerprint density at radius 1 is 1.13 bits per heavy atom. The third-order valence-electron chi connectivity index (χ3n) is 4.56. The van der Waals surface area contributed by atoms with Gasteiger partial charge in [-0.05, 0) is 68.3 Å². The quantitative estimate of drug-likeness (QED) is 0.568. The number of anilines is 1. The van der Waals surface area contributed by atoms with Gasteiger partial charge in [-0.15, -0.1) is 0 Å². The molecule has 0 spiro atoms. The molecule has 3 rings (SSSR count). The summed E-state index contributed by atoms with van der Waals surface area (Å²) in [7, 11) is 0. The van der Waals surface area contributed by atoms with E-state index in [9.17, 15) is 9.59 Å². The van der Waals surface area contributed by atoms with Crippen molar-refractivity contribution in [2.45, 2.75) is 33.2 Å². The highest BCUT2D eigenvalue weighted by Crippen LogP contribution is 2.21. The van der Waals surface area contributed by atoms with Gasteiger partial charge in [0.05, 0.1) is 12.3 Å². The van der Waals surface area contributed by atoms with Crippen LogP contribution in [0.3, 0.4) is 0 Å². The Hall–Kier alpha value is -3.12. The molecule has 0 aliphatic carbocycles. The molecule has 0 radical (unpaired) electrons. The number of amides is 1. The number of carbonyl (C=O) groups is 1. The van der Waals surface area contributed by atoms with Crippen LogP contribution >= 0.6 is 11.6 Å². The van der Waals surface area contributed by atoms with Crippen LogP contribution in [-0.4, -0.2) is 22.3 Å². The normalized spacial score (nSPS) is 10.6. The van der Waals surface area contributed by atoms with Crippen LogP contribution in [0.25, 0.3) is 11.3 Å². The van der Waals surface area contributed by atoms with Crippen molar-refractivity contribution >= 4 is 23.2 Å². The molecule has 1 heterocycles. The molecule has 0 fully saturated rings. The monoisotopic (exact) mass is 425 g/mol. The molecule has 6 nitrogen and oxygen atoms in total. The molecule has 0 bridgehead atoms. The lowest BCUT2D eigenvalue weighted by molar-refractivity contribution is -0.116. The lowest BCUT2D eigenvalue weighted by Gasteiger charge is -2.09. The van der Waals surface area contributed by atoms with E-state index in [-0.39, 0.29) is 17.9 Å². The van der Waals surface area contributed by atoms with Crippen molar-refractivity contribution in [3.05, 3.63) is 75.5 Å². The lowest BCUT2D eigenvalue weighted by atomic mass is 10.1. The predicted molar refractivity (Wildman–Crippen MR) is 119 cm³/mol.